The first kappa shape index (κ1) is 25.8. The molecule has 8 nitrogen and oxygen atoms in total. The van der Waals surface area contributed by atoms with Crippen LogP contribution in [-0.4, -0.2) is 35.5 Å². The van der Waals surface area contributed by atoms with Crippen molar-refractivity contribution >= 4 is 23.4 Å². The number of hydrogen-bond donors (Lipinski definition) is 1. The summed E-state index contributed by atoms with van der Waals surface area (Å²) in [6, 6.07) is 13.0. The van der Waals surface area contributed by atoms with Crippen molar-refractivity contribution < 1.29 is 19.0 Å². The first-order chi connectivity index (χ1) is 17.5. The summed E-state index contributed by atoms with van der Waals surface area (Å²) in [5.74, 6) is 1.75. The molecule has 1 amide bonds. The highest BCUT2D eigenvalue weighted by Gasteiger charge is 2.46. The Balaban J connectivity index is 1.91. The number of thioether (sulfide) groups is 1. The van der Waals surface area contributed by atoms with Crippen LogP contribution in [0.15, 0.2) is 52.4 Å². The lowest BCUT2D eigenvalue weighted by atomic mass is 10.0. The number of H-pyrrole nitrogens is 1. The van der Waals surface area contributed by atoms with E-state index in [-0.39, 0.29) is 11.5 Å². The molecule has 1 aromatic heterocycles. The summed E-state index contributed by atoms with van der Waals surface area (Å²) in [6.07, 6.45) is 3.80. The number of unbranched alkanes of at least 4 members (excludes halogenated alkanes) is 3. The Kier molecular flexibility index (Phi) is 8.30. The quantitative estimate of drug-likeness (QED) is 0.242. The molecule has 0 saturated carbocycles. The van der Waals surface area contributed by atoms with Crippen LogP contribution in [0.3, 0.4) is 0 Å². The standard InChI is InChI=1S/C27H32N4O4S/c1-5-7-8-11-17-36-27-28-25(33)23-19-13-9-10-15-21(19)30(18(3)32)26(31(23)29-27)20-14-12-16-22(35-6-2)24(20)34-4/h9-10,12-16,26H,5-8,11,17H2,1-4H3/p+1/t26-/m1/s1. The van der Waals surface area contributed by atoms with Crippen molar-refractivity contribution in [2.75, 3.05) is 24.4 Å². The Bertz CT molecular complexity index is 1290. The number of anilines is 1. The van der Waals surface area contributed by atoms with Gasteiger partial charge in [-0.25, -0.2) is 4.90 Å². The van der Waals surface area contributed by atoms with Gasteiger partial charge < -0.3 is 9.47 Å². The van der Waals surface area contributed by atoms with E-state index in [0.29, 0.717) is 45.8 Å². The molecule has 0 unspecified atom stereocenters. The third kappa shape index (κ3) is 4.97. The molecule has 1 aliphatic rings. The van der Waals surface area contributed by atoms with Crippen molar-refractivity contribution in [2.24, 2.45) is 0 Å². The van der Waals surface area contributed by atoms with Crippen LogP contribution in [0.4, 0.5) is 5.69 Å². The zero-order chi connectivity index (χ0) is 25.7. The van der Waals surface area contributed by atoms with Crippen molar-refractivity contribution in [3.05, 3.63) is 58.4 Å². The van der Waals surface area contributed by atoms with Crippen LogP contribution in [0.25, 0.3) is 11.3 Å². The summed E-state index contributed by atoms with van der Waals surface area (Å²) in [4.78, 5) is 31.2. The predicted octanol–water partition coefficient (Wildman–Crippen LogP) is 4.72. The fraction of sp³-hybridized carbons (Fsp3) is 0.407. The van der Waals surface area contributed by atoms with Crippen LogP contribution < -0.4 is 24.6 Å². The Morgan fingerprint density at radius 1 is 1.14 bits per heavy atom. The average Bonchev–Trinajstić information content (AvgIpc) is 2.87. The molecule has 4 rings (SSSR count). The lowest BCUT2D eigenvalue weighted by molar-refractivity contribution is -0.763. The number of rotatable bonds is 10. The molecule has 3 aromatic rings. The van der Waals surface area contributed by atoms with E-state index in [1.807, 2.05) is 49.4 Å². The molecule has 1 N–H and O–H groups in total. The van der Waals surface area contributed by atoms with Crippen molar-refractivity contribution in [1.29, 1.82) is 0 Å². The molecule has 9 heteroatoms. The number of ether oxygens (including phenoxy) is 2. The van der Waals surface area contributed by atoms with Crippen LogP contribution in [0.5, 0.6) is 11.5 Å². The highest BCUT2D eigenvalue weighted by atomic mass is 32.2. The smallest absolute Gasteiger partial charge is 0.325 e. The van der Waals surface area contributed by atoms with E-state index < -0.39 is 6.17 Å². The van der Waals surface area contributed by atoms with Gasteiger partial charge >= 0.3 is 11.3 Å². The molecule has 2 aromatic carbocycles. The molecule has 36 heavy (non-hydrogen) atoms. The number of para-hydroxylation sites is 2. The maximum Gasteiger partial charge on any atom is 0.325 e. The number of amides is 1. The van der Waals surface area contributed by atoms with E-state index in [0.717, 1.165) is 18.6 Å². The van der Waals surface area contributed by atoms with Gasteiger partial charge in [0.05, 0.1) is 30.5 Å². The van der Waals surface area contributed by atoms with E-state index in [1.54, 1.807) is 16.7 Å². The van der Waals surface area contributed by atoms with E-state index in [9.17, 15) is 9.59 Å². The number of nitrogens with one attached hydrogen (secondary N) is 1. The Labute approximate surface area is 215 Å². The molecule has 0 fully saturated rings. The maximum atomic E-state index is 13.5. The summed E-state index contributed by atoms with van der Waals surface area (Å²) in [7, 11) is 1.57. The predicted molar refractivity (Wildman–Crippen MR) is 141 cm³/mol. The van der Waals surface area contributed by atoms with Crippen LogP contribution in [0.1, 0.15) is 58.2 Å². The van der Waals surface area contributed by atoms with Gasteiger partial charge in [-0.3, -0.25) is 14.6 Å². The number of aromatic amines is 1. The first-order valence-corrected chi connectivity index (χ1v) is 13.4. The fourth-order valence-corrected chi connectivity index (χ4v) is 5.43. The second-order valence-corrected chi connectivity index (χ2v) is 9.64. The zero-order valence-electron chi connectivity index (χ0n) is 21.2. The van der Waals surface area contributed by atoms with E-state index in [1.165, 1.54) is 31.5 Å². The number of hydrogen-bond acceptors (Lipinski definition) is 6. The van der Waals surface area contributed by atoms with Gasteiger partial charge in [0.1, 0.15) is 0 Å². The Morgan fingerprint density at radius 2 is 1.94 bits per heavy atom. The van der Waals surface area contributed by atoms with Gasteiger partial charge in [-0.2, -0.15) is 0 Å². The number of benzene rings is 2. The lowest BCUT2D eigenvalue weighted by Gasteiger charge is -2.32. The summed E-state index contributed by atoms with van der Waals surface area (Å²) in [6.45, 7) is 6.06. The average molecular weight is 510 g/mol. The number of fused-ring (bicyclic) bond motifs is 3. The van der Waals surface area contributed by atoms with Gasteiger partial charge in [0.2, 0.25) is 11.1 Å². The highest BCUT2D eigenvalue weighted by molar-refractivity contribution is 7.99. The van der Waals surface area contributed by atoms with Crippen molar-refractivity contribution in [3.63, 3.8) is 0 Å². The molecule has 0 aliphatic carbocycles. The minimum absolute atomic E-state index is 0.176. The van der Waals surface area contributed by atoms with E-state index >= 15 is 0 Å². The summed E-state index contributed by atoms with van der Waals surface area (Å²) in [5, 5.41) is 5.39. The Hall–Kier alpha value is -3.33. The van der Waals surface area contributed by atoms with Crippen molar-refractivity contribution in [1.82, 2.24) is 10.1 Å². The third-order valence-electron chi connectivity index (χ3n) is 6.13. The van der Waals surface area contributed by atoms with Crippen LogP contribution in [0, 0.1) is 0 Å². The fourth-order valence-electron chi connectivity index (χ4n) is 4.58. The van der Waals surface area contributed by atoms with Gasteiger partial charge in [0.25, 0.3) is 6.17 Å². The highest BCUT2D eigenvalue weighted by Crippen LogP contribution is 2.42. The van der Waals surface area contributed by atoms with Crippen molar-refractivity contribution in [2.45, 2.75) is 57.8 Å². The molecule has 0 bridgehead atoms. The van der Waals surface area contributed by atoms with Gasteiger partial charge in [-0.15, -0.1) is 0 Å². The minimum Gasteiger partial charge on any atom is -0.492 e. The molecule has 2 heterocycles. The zero-order valence-corrected chi connectivity index (χ0v) is 22.1. The largest absolute Gasteiger partial charge is 0.492 e. The van der Waals surface area contributed by atoms with Gasteiger partial charge in [0.15, 0.2) is 11.5 Å². The third-order valence-corrected chi connectivity index (χ3v) is 7.08. The molecule has 1 atom stereocenters. The lowest BCUT2D eigenvalue weighted by Crippen LogP contribution is -2.60. The monoisotopic (exact) mass is 509 g/mol. The number of nitrogens with zero attached hydrogens (tertiary/aromatic N) is 3. The van der Waals surface area contributed by atoms with Crippen LogP contribution in [0.2, 0.25) is 0 Å². The van der Waals surface area contributed by atoms with Crippen LogP contribution in [-0.2, 0) is 4.79 Å². The summed E-state index contributed by atoms with van der Waals surface area (Å²) >= 11 is 1.52. The van der Waals surface area contributed by atoms with Crippen LogP contribution >= 0.6 is 11.8 Å². The van der Waals surface area contributed by atoms with E-state index in [4.69, 9.17) is 14.6 Å². The van der Waals surface area contributed by atoms with Gasteiger partial charge in [-0.05, 0) is 42.3 Å². The molecule has 0 saturated heterocycles. The van der Waals surface area contributed by atoms with Gasteiger partial charge in [0, 0.05) is 17.8 Å². The molecular formula is C27H33N4O4S+. The normalized spacial score (nSPS) is 14.2. The number of carbonyl (C=O) groups is 1. The Morgan fingerprint density at radius 3 is 2.67 bits per heavy atom. The summed E-state index contributed by atoms with van der Waals surface area (Å²) < 4.78 is 13.3. The first-order valence-electron chi connectivity index (χ1n) is 12.4. The van der Waals surface area contributed by atoms with Gasteiger partial charge in [-0.1, -0.05) is 56.1 Å². The second kappa shape index (κ2) is 11.6. The molecule has 1 aliphatic heterocycles. The second-order valence-electron chi connectivity index (χ2n) is 8.55. The molecule has 190 valence electrons. The molecule has 0 spiro atoms. The maximum absolute atomic E-state index is 13.5. The van der Waals surface area contributed by atoms with Crippen molar-refractivity contribution in [3.8, 4) is 22.8 Å². The number of aromatic nitrogens is 3. The molecular weight excluding hydrogens is 476 g/mol. The SMILES string of the molecule is CCCCCCSc1n[n+]2c(c(=O)[nH]1)-c1ccccc1N(C(C)=O)[C@H]2c1cccc(OCC)c1OC. The number of methoxy groups -OCH3 is 1. The summed E-state index contributed by atoms with van der Waals surface area (Å²) in [5.41, 5.74) is 2.12. The molecule has 0 radical (unpaired) electrons. The topological polar surface area (TPSA) is 88.4 Å². The van der Waals surface area contributed by atoms with E-state index in [2.05, 4.69) is 11.9 Å². The number of carbonyl (C=O) groups excluding carboxylic acids is 1. The minimum atomic E-state index is -0.732.